The lowest BCUT2D eigenvalue weighted by Gasteiger charge is -2.38. The molecule has 5 rings (SSSR count). The molecule has 3 heterocycles. The fraction of sp³-hybridized carbons (Fsp3) is 0.636. The Balaban J connectivity index is 1.11. The van der Waals surface area contributed by atoms with Gasteiger partial charge in [0.05, 0.1) is 12.3 Å². The van der Waals surface area contributed by atoms with E-state index in [-0.39, 0.29) is 24.0 Å². The third kappa shape index (κ3) is 8.10. The molecule has 3 fully saturated rings. The number of nitrogens with zero attached hydrogens (tertiary/aromatic N) is 5. The molecular formula is C33H50N8O4. The molecule has 12 nitrogen and oxygen atoms in total. The predicted molar refractivity (Wildman–Crippen MR) is 174 cm³/mol. The number of ether oxygens (including phenoxy) is 1. The Hall–Kier alpha value is -3.32. The second-order valence-electron chi connectivity index (χ2n) is 12.9. The van der Waals surface area contributed by atoms with Crippen LogP contribution in [0.1, 0.15) is 71.3 Å². The SMILES string of the molecule is CCCC[C@@H]1N[C@](C)(C(=O)N2CCN(C(=O)Nc3ccn(-c4ccc(CN(CC)C5CCC(N)CC5)cc4)c(=O)n3)CC2)CO1. The molecule has 246 valence electrons. The highest BCUT2D eigenvalue weighted by Gasteiger charge is 2.44. The van der Waals surface area contributed by atoms with Crippen LogP contribution in [-0.4, -0.2) is 99.4 Å². The van der Waals surface area contributed by atoms with Crippen molar-refractivity contribution < 1.29 is 14.3 Å². The Morgan fingerprint density at radius 1 is 1.07 bits per heavy atom. The highest BCUT2D eigenvalue weighted by Crippen LogP contribution is 2.24. The van der Waals surface area contributed by atoms with Gasteiger partial charge in [-0.25, -0.2) is 9.59 Å². The molecule has 0 unspecified atom stereocenters. The van der Waals surface area contributed by atoms with Crippen molar-refractivity contribution >= 4 is 17.8 Å². The van der Waals surface area contributed by atoms with E-state index >= 15 is 0 Å². The normalized spacial score (nSPS) is 25.5. The summed E-state index contributed by atoms with van der Waals surface area (Å²) in [5, 5.41) is 6.11. The molecule has 45 heavy (non-hydrogen) atoms. The topological polar surface area (TPSA) is 138 Å². The van der Waals surface area contributed by atoms with E-state index in [4.69, 9.17) is 10.5 Å². The Morgan fingerprint density at radius 3 is 2.40 bits per heavy atom. The number of anilines is 1. The standard InChI is InChI=1S/C33H50N8O4/c1-4-6-7-29-37-33(3,23-45-29)30(42)39-18-20-40(21-19-39)31(43)35-28-16-17-41(32(44)36-28)27-12-8-24(9-13-27)22-38(5-2)26-14-10-25(34)11-15-26/h8-9,12-13,16-17,25-26,29,37H,4-7,10-11,14-15,18-23,34H2,1-3H3,(H,35,36,43,44)/t25?,26?,29-,33+/m1/s1. The molecule has 0 bridgehead atoms. The molecule has 1 aliphatic carbocycles. The molecule has 2 aliphatic heterocycles. The molecule has 1 aromatic heterocycles. The van der Waals surface area contributed by atoms with Gasteiger partial charge in [-0.1, -0.05) is 32.4 Å². The summed E-state index contributed by atoms with van der Waals surface area (Å²) in [7, 11) is 0. The van der Waals surface area contributed by atoms with Crippen molar-refractivity contribution in [2.24, 2.45) is 5.73 Å². The van der Waals surface area contributed by atoms with Gasteiger partial charge in [0.25, 0.3) is 0 Å². The molecule has 4 N–H and O–H groups in total. The van der Waals surface area contributed by atoms with Crippen molar-refractivity contribution in [1.82, 2.24) is 29.6 Å². The zero-order valence-corrected chi connectivity index (χ0v) is 27.0. The average molecular weight is 623 g/mol. The van der Waals surface area contributed by atoms with Crippen molar-refractivity contribution in [3.63, 3.8) is 0 Å². The number of unbranched alkanes of at least 4 members (excludes halogenated alkanes) is 1. The maximum atomic E-state index is 13.3. The molecule has 3 amide bonds. The smallest absolute Gasteiger partial charge is 0.354 e. The lowest BCUT2D eigenvalue weighted by atomic mass is 9.90. The van der Waals surface area contributed by atoms with Gasteiger partial charge in [0.1, 0.15) is 17.6 Å². The highest BCUT2D eigenvalue weighted by molar-refractivity contribution is 5.89. The molecule has 1 saturated carbocycles. The molecule has 2 aromatic rings. The Kier molecular flexibility index (Phi) is 10.9. The van der Waals surface area contributed by atoms with E-state index in [0.29, 0.717) is 50.6 Å². The van der Waals surface area contributed by atoms with Crippen LogP contribution >= 0.6 is 0 Å². The maximum Gasteiger partial charge on any atom is 0.354 e. The fourth-order valence-electron chi connectivity index (χ4n) is 6.66. The second kappa shape index (κ2) is 14.8. The number of nitrogens with one attached hydrogen (secondary N) is 2. The minimum Gasteiger partial charge on any atom is -0.361 e. The van der Waals surface area contributed by atoms with Gasteiger partial charge in [0.2, 0.25) is 5.91 Å². The van der Waals surface area contributed by atoms with Crippen LogP contribution in [0, 0.1) is 0 Å². The number of hydrogen-bond acceptors (Lipinski definition) is 8. The number of carbonyl (C=O) groups excluding carboxylic acids is 2. The molecule has 1 aromatic carbocycles. The predicted octanol–water partition coefficient (Wildman–Crippen LogP) is 2.90. The Bertz CT molecular complexity index is 1350. The van der Waals surface area contributed by atoms with Crippen LogP contribution in [0.3, 0.4) is 0 Å². The highest BCUT2D eigenvalue weighted by atomic mass is 16.5. The van der Waals surface area contributed by atoms with Crippen molar-refractivity contribution in [2.45, 2.75) is 96.1 Å². The van der Waals surface area contributed by atoms with Crippen LogP contribution < -0.4 is 22.1 Å². The number of urea groups is 1. The van der Waals surface area contributed by atoms with Crippen LogP contribution in [0.25, 0.3) is 5.69 Å². The summed E-state index contributed by atoms with van der Waals surface area (Å²) < 4.78 is 7.30. The molecular weight excluding hydrogens is 572 g/mol. The Labute approximate surface area is 266 Å². The van der Waals surface area contributed by atoms with Gasteiger partial charge in [-0.3, -0.25) is 24.9 Å². The van der Waals surface area contributed by atoms with Crippen LogP contribution in [0.15, 0.2) is 41.3 Å². The second-order valence-corrected chi connectivity index (χ2v) is 12.9. The Morgan fingerprint density at radius 2 is 1.76 bits per heavy atom. The number of rotatable bonds is 10. The fourth-order valence-corrected chi connectivity index (χ4v) is 6.66. The van der Waals surface area contributed by atoms with Gasteiger partial charge in [0.15, 0.2) is 0 Å². The van der Waals surface area contributed by atoms with Crippen LogP contribution in [0.5, 0.6) is 0 Å². The number of hydrogen-bond donors (Lipinski definition) is 3. The van der Waals surface area contributed by atoms with Gasteiger partial charge in [-0.2, -0.15) is 4.98 Å². The van der Waals surface area contributed by atoms with E-state index in [0.717, 1.165) is 58.0 Å². The summed E-state index contributed by atoms with van der Waals surface area (Å²) in [5.74, 6) is 0.192. The molecule has 0 spiro atoms. The number of nitrogens with two attached hydrogens (primary N) is 1. The van der Waals surface area contributed by atoms with Gasteiger partial charge < -0.3 is 20.3 Å². The first-order valence-corrected chi connectivity index (χ1v) is 16.6. The summed E-state index contributed by atoms with van der Waals surface area (Å²) in [6.45, 7) is 10.0. The van der Waals surface area contributed by atoms with Crippen LogP contribution in [0.4, 0.5) is 10.6 Å². The maximum absolute atomic E-state index is 13.3. The average Bonchev–Trinajstić information content (AvgIpc) is 3.45. The van der Waals surface area contributed by atoms with Crippen LogP contribution in [-0.2, 0) is 16.1 Å². The van der Waals surface area contributed by atoms with Crippen LogP contribution in [0.2, 0.25) is 0 Å². The summed E-state index contributed by atoms with van der Waals surface area (Å²) in [4.78, 5) is 49.2. The van der Waals surface area contributed by atoms with Gasteiger partial charge >= 0.3 is 11.7 Å². The monoisotopic (exact) mass is 622 g/mol. The van der Waals surface area contributed by atoms with E-state index in [2.05, 4.69) is 46.5 Å². The number of benzene rings is 1. The van der Waals surface area contributed by atoms with Crippen molar-refractivity contribution in [3.8, 4) is 5.69 Å². The van der Waals surface area contributed by atoms with E-state index in [1.54, 1.807) is 22.1 Å². The quantitative estimate of drug-likeness (QED) is 0.368. The zero-order chi connectivity index (χ0) is 32.0. The molecule has 12 heteroatoms. The van der Waals surface area contributed by atoms with Crippen molar-refractivity contribution in [3.05, 3.63) is 52.6 Å². The summed E-state index contributed by atoms with van der Waals surface area (Å²) in [6.07, 6.45) is 8.97. The molecule has 2 atom stereocenters. The summed E-state index contributed by atoms with van der Waals surface area (Å²) in [6, 6.07) is 10.2. The lowest BCUT2D eigenvalue weighted by molar-refractivity contribution is -0.138. The third-order valence-electron chi connectivity index (χ3n) is 9.50. The minimum absolute atomic E-state index is 0.00280. The third-order valence-corrected chi connectivity index (χ3v) is 9.50. The molecule has 3 aliphatic rings. The lowest BCUT2D eigenvalue weighted by Crippen LogP contribution is -2.60. The van der Waals surface area contributed by atoms with E-state index in [9.17, 15) is 14.4 Å². The first kappa shape index (κ1) is 33.1. The largest absolute Gasteiger partial charge is 0.361 e. The summed E-state index contributed by atoms with van der Waals surface area (Å²) in [5.41, 5.74) is 6.79. The van der Waals surface area contributed by atoms with Gasteiger partial charge in [0, 0.05) is 51.0 Å². The molecule has 2 saturated heterocycles. The minimum atomic E-state index is -0.753. The number of amides is 3. The molecule has 0 radical (unpaired) electrons. The first-order valence-electron chi connectivity index (χ1n) is 16.6. The van der Waals surface area contributed by atoms with Crippen molar-refractivity contribution in [2.75, 3.05) is 44.6 Å². The zero-order valence-electron chi connectivity index (χ0n) is 27.0. The van der Waals surface area contributed by atoms with E-state index in [1.807, 2.05) is 19.1 Å². The summed E-state index contributed by atoms with van der Waals surface area (Å²) >= 11 is 0. The van der Waals surface area contributed by atoms with Gasteiger partial charge in [-0.15, -0.1) is 0 Å². The number of carbonyl (C=O) groups is 2. The van der Waals surface area contributed by atoms with Crippen molar-refractivity contribution in [1.29, 1.82) is 0 Å². The van der Waals surface area contributed by atoms with E-state index in [1.165, 1.54) is 10.1 Å². The number of aromatic nitrogens is 2. The van der Waals surface area contributed by atoms with E-state index < -0.39 is 11.2 Å². The first-order chi connectivity index (χ1) is 21.7. The number of piperazine rings is 1. The van der Waals surface area contributed by atoms with Gasteiger partial charge in [-0.05, 0) is 75.8 Å².